The summed E-state index contributed by atoms with van der Waals surface area (Å²) in [6.45, 7) is 6.40. The van der Waals surface area contributed by atoms with Crippen molar-refractivity contribution in [1.82, 2.24) is 0 Å². The molecule has 1 N–H and O–H groups in total. The second kappa shape index (κ2) is 9.61. The number of amides is 1. The van der Waals surface area contributed by atoms with Gasteiger partial charge in [-0.15, -0.1) is 0 Å². The van der Waals surface area contributed by atoms with Gasteiger partial charge in [0, 0.05) is 5.69 Å². The van der Waals surface area contributed by atoms with Crippen LogP contribution in [0.1, 0.15) is 49.0 Å². The number of benzene rings is 2. The Morgan fingerprint density at radius 1 is 1.08 bits per heavy atom. The van der Waals surface area contributed by atoms with Crippen molar-refractivity contribution >= 4 is 17.6 Å². The fraction of sp³-hybridized carbons (Fsp3) is 0.333. The molecule has 5 nitrogen and oxygen atoms in total. The molecule has 0 saturated carbocycles. The zero-order valence-electron chi connectivity index (χ0n) is 15.5. The maximum atomic E-state index is 12.1. The van der Waals surface area contributed by atoms with E-state index in [-0.39, 0.29) is 12.5 Å². The lowest BCUT2D eigenvalue weighted by molar-refractivity contribution is -0.118. The number of carbonyl (C=O) groups is 2. The van der Waals surface area contributed by atoms with Crippen molar-refractivity contribution in [2.24, 2.45) is 0 Å². The maximum absolute atomic E-state index is 12.1. The Hall–Kier alpha value is -2.82. The second-order valence-electron chi connectivity index (χ2n) is 6.28. The topological polar surface area (TPSA) is 64.6 Å². The normalized spacial score (nSPS) is 10.5. The number of esters is 1. The number of carbonyl (C=O) groups excluding carboxylic acids is 2. The highest BCUT2D eigenvalue weighted by Gasteiger charge is 2.10. The van der Waals surface area contributed by atoms with Crippen LogP contribution in [0.25, 0.3) is 0 Å². The molecule has 0 aliphatic heterocycles. The lowest BCUT2D eigenvalue weighted by Gasteiger charge is -2.11. The third-order valence-corrected chi connectivity index (χ3v) is 3.71. The molecule has 0 saturated heterocycles. The minimum absolute atomic E-state index is 0.105. The summed E-state index contributed by atoms with van der Waals surface area (Å²) < 4.78 is 10.7. The molecule has 0 heterocycles. The van der Waals surface area contributed by atoms with Crippen molar-refractivity contribution in [2.75, 3.05) is 18.5 Å². The van der Waals surface area contributed by atoms with Gasteiger partial charge in [0.1, 0.15) is 5.75 Å². The minimum atomic E-state index is -0.398. The largest absolute Gasteiger partial charge is 0.484 e. The van der Waals surface area contributed by atoms with Crippen LogP contribution >= 0.6 is 0 Å². The lowest BCUT2D eigenvalue weighted by Crippen LogP contribution is -2.20. The molecular formula is C21H25NO4. The third kappa shape index (κ3) is 5.92. The van der Waals surface area contributed by atoms with Gasteiger partial charge in [0.05, 0.1) is 12.2 Å². The van der Waals surface area contributed by atoms with Gasteiger partial charge in [-0.3, -0.25) is 4.79 Å². The van der Waals surface area contributed by atoms with Crippen LogP contribution in [-0.2, 0) is 9.53 Å². The quantitative estimate of drug-likeness (QED) is 0.713. The average molecular weight is 355 g/mol. The Morgan fingerprint density at radius 3 is 2.58 bits per heavy atom. The minimum Gasteiger partial charge on any atom is -0.484 e. The van der Waals surface area contributed by atoms with Gasteiger partial charge in [-0.05, 0) is 48.2 Å². The summed E-state index contributed by atoms with van der Waals surface area (Å²) in [5.74, 6) is 0.356. The van der Waals surface area contributed by atoms with Gasteiger partial charge < -0.3 is 14.8 Å². The van der Waals surface area contributed by atoms with E-state index in [1.165, 1.54) is 0 Å². The molecule has 2 aromatic rings. The van der Waals surface area contributed by atoms with Crippen LogP contribution in [0.5, 0.6) is 5.75 Å². The van der Waals surface area contributed by atoms with Crippen LogP contribution in [0.15, 0.2) is 48.5 Å². The molecule has 0 spiro atoms. The Labute approximate surface area is 154 Å². The van der Waals surface area contributed by atoms with Crippen molar-refractivity contribution in [3.05, 3.63) is 59.7 Å². The van der Waals surface area contributed by atoms with Crippen LogP contribution in [0.2, 0.25) is 0 Å². The highest BCUT2D eigenvalue weighted by Crippen LogP contribution is 2.20. The summed E-state index contributed by atoms with van der Waals surface area (Å²) in [6, 6.07) is 14.4. The van der Waals surface area contributed by atoms with E-state index in [1.54, 1.807) is 24.3 Å². The van der Waals surface area contributed by atoms with E-state index in [4.69, 9.17) is 9.47 Å². The van der Waals surface area contributed by atoms with E-state index in [2.05, 4.69) is 19.2 Å². The lowest BCUT2D eigenvalue weighted by atomic mass is 10.0. The smallest absolute Gasteiger partial charge is 0.338 e. The molecule has 0 bridgehead atoms. The molecule has 26 heavy (non-hydrogen) atoms. The third-order valence-electron chi connectivity index (χ3n) is 3.71. The van der Waals surface area contributed by atoms with Gasteiger partial charge >= 0.3 is 5.97 Å². The second-order valence-corrected chi connectivity index (χ2v) is 6.28. The van der Waals surface area contributed by atoms with Crippen LogP contribution in [0.3, 0.4) is 0 Å². The Kier molecular flexibility index (Phi) is 7.21. The first kappa shape index (κ1) is 19.5. The molecule has 0 atom stereocenters. The number of nitrogens with one attached hydrogen (secondary N) is 1. The van der Waals surface area contributed by atoms with Crippen LogP contribution in [-0.4, -0.2) is 25.1 Å². The molecule has 138 valence electrons. The summed E-state index contributed by atoms with van der Waals surface area (Å²) in [6.07, 6.45) is 0.761. The molecule has 0 fully saturated rings. The van der Waals surface area contributed by atoms with Gasteiger partial charge in [-0.25, -0.2) is 4.79 Å². The molecule has 2 rings (SSSR count). The van der Waals surface area contributed by atoms with E-state index >= 15 is 0 Å². The molecule has 0 aromatic heterocycles. The van der Waals surface area contributed by atoms with Gasteiger partial charge in [-0.2, -0.15) is 0 Å². The number of anilines is 1. The van der Waals surface area contributed by atoms with Crippen molar-refractivity contribution in [3.63, 3.8) is 0 Å². The molecule has 5 heteroatoms. The number of hydrogen-bond donors (Lipinski definition) is 1. The monoisotopic (exact) mass is 355 g/mol. The van der Waals surface area contributed by atoms with Gasteiger partial charge in [0.2, 0.25) is 0 Å². The predicted molar refractivity (Wildman–Crippen MR) is 102 cm³/mol. The first-order chi connectivity index (χ1) is 12.5. The fourth-order valence-corrected chi connectivity index (χ4v) is 2.31. The summed E-state index contributed by atoms with van der Waals surface area (Å²) >= 11 is 0. The van der Waals surface area contributed by atoms with Crippen LogP contribution < -0.4 is 10.1 Å². The van der Waals surface area contributed by atoms with Crippen LogP contribution in [0.4, 0.5) is 5.69 Å². The Bertz CT molecular complexity index is 755. The molecule has 1 amide bonds. The van der Waals surface area contributed by atoms with E-state index in [9.17, 15) is 9.59 Å². The number of ether oxygens (including phenoxy) is 2. The van der Waals surface area contributed by atoms with E-state index in [1.807, 2.05) is 31.2 Å². The van der Waals surface area contributed by atoms with Crippen molar-refractivity contribution in [3.8, 4) is 5.75 Å². The Morgan fingerprint density at radius 2 is 1.85 bits per heavy atom. The van der Waals surface area contributed by atoms with E-state index in [0.29, 0.717) is 29.5 Å². The van der Waals surface area contributed by atoms with Crippen molar-refractivity contribution in [2.45, 2.75) is 33.1 Å². The first-order valence-corrected chi connectivity index (χ1v) is 8.79. The maximum Gasteiger partial charge on any atom is 0.338 e. The molecule has 0 aliphatic rings. The van der Waals surface area contributed by atoms with E-state index in [0.717, 1.165) is 12.0 Å². The summed E-state index contributed by atoms with van der Waals surface area (Å²) in [5, 5.41) is 2.73. The zero-order chi connectivity index (χ0) is 18.9. The van der Waals surface area contributed by atoms with Crippen molar-refractivity contribution in [1.29, 1.82) is 0 Å². The van der Waals surface area contributed by atoms with Crippen molar-refractivity contribution < 1.29 is 19.1 Å². The molecule has 2 aromatic carbocycles. The highest BCUT2D eigenvalue weighted by atomic mass is 16.5. The Balaban J connectivity index is 1.91. The highest BCUT2D eigenvalue weighted by molar-refractivity contribution is 5.95. The first-order valence-electron chi connectivity index (χ1n) is 8.79. The van der Waals surface area contributed by atoms with Crippen LogP contribution in [0, 0.1) is 0 Å². The standard InChI is InChI=1S/C21H25NO4/c1-4-11-25-21(24)17-8-5-9-18(12-17)22-20(23)14-26-19-10-6-7-16(13-19)15(2)3/h5-10,12-13,15H,4,11,14H2,1-3H3,(H,22,23). The predicted octanol–water partition coefficient (Wildman–Crippen LogP) is 4.39. The van der Waals surface area contributed by atoms with E-state index < -0.39 is 5.97 Å². The molecule has 0 radical (unpaired) electrons. The van der Waals surface area contributed by atoms with Gasteiger partial charge in [-0.1, -0.05) is 39.0 Å². The SMILES string of the molecule is CCCOC(=O)c1cccc(NC(=O)COc2cccc(C(C)C)c2)c1. The average Bonchev–Trinajstić information content (AvgIpc) is 2.65. The van der Waals surface area contributed by atoms with Gasteiger partial charge in [0.15, 0.2) is 6.61 Å². The summed E-state index contributed by atoms with van der Waals surface area (Å²) in [4.78, 5) is 24.0. The number of rotatable bonds is 8. The fourth-order valence-electron chi connectivity index (χ4n) is 2.31. The zero-order valence-corrected chi connectivity index (χ0v) is 15.5. The molecule has 0 unspecified atom stereocenters. The molecular weight excluding hydrogens is 330 g/mol. The summed E-state index contributed by atoms with van der Waals surface area (Å²) in [7, 11) is 0. The summed E-state index contributed by atoms with van der Waals surface area (Å²) in [5.41, 5.74) is 2.09. The van der Waals surface area contributed by atoms with Gasteiger partial charge in [0.25, 0.3) is 5.91 Å². The molecule has 0 aliphatic carbocycles. The number of hydrogen-bond acceptors (Lipinski definition) is 4.